The maximum absolute atomic E-state index is 13.0. The van der Waals surface area contributed by atoms with Crippen molar-refractivity contribution in [3.63, 3.8) is 0 Å². The summed E-state index contributed by atoms with van der Waals surface area (Å²) in [5.74, 6) is -1.08. The number of halogens is 5. The zero-order valence-corrected chi connectivity index (χ0v) is 17.5. The van der Waals surface area contributed by atoms with E-state index in [0.29, 0.717) is 5.69 Å². The predicted molar refractivity (Wildman–Crippen MR) is 103 cm³/mol. The summed E-state index contributed by atoms with van der Waals surface area (Å²) < 4.78 is 43.0. The minimum Gasteiger partial charge on any atom is -0.459 e. The predicted octanol–water partition coefficient (Wildman–Crippen LogP) is 5.47. The molecule has 0 aliphatic heterocycles. The first-order chi connectivity index (χ1) is 13.3. The summed E-state index contributed by atoms with van der Waals surface area (Å²) in [6.45, 7) is 2.63. The number of alkyl halides is 5. The van der Waals surface area contributed by atoms with Gasteiger partial charge in [-0.05, 0) is 25.1 Å². The third-order valence-corrected chi connectivity index (χ3v) is 6.51. The summed E-state index contributed by atoms with van der Waals surface area (Å²) in [5, 5.41) is 1.71. The molecule has 1 aromatic carbocycles. The Labute approximate surface area is 178 Å². The van der Waals surface area contributed by atoms with Gasteiger partial charge in [-0.2, -0.15) is 13.2 Å². The van der Waals surface area contributed by atoms with Crippen LogP contribution in [0.5, 0.6) is 0 Å². The highest BCUT2D eigenvalue weighted by atomic mass is 35.5. The van der Waals surface area contributed by atoms with Crippen LogP contribution < -0.4 is 4.90 Å². The minimum absolute atomic E-state index is 0.0322. The molecule has 1 amide bonds. The van der Waals surface area contributed by atoms with E-state index < -0.39 is 33.4 Å². The van der Waals surface area contributed by atoms with Crippen LogP contribution in [0.25, 0.3) is 0 Å². The first-order valence-electron chi connectivity index (χ1n) is 8.32. The van der Waals surface area contributed by atoms with Crippen LogP contribution in [0.2, 0.25) is 0 Å². The van der Waals surface area contributed by atoms with Crippen molar-refractivity contribution in [2.45, 2.75) is 37.4 Å². The standard InChI is InChI=1S/C18H15Cl2F3N2O3S/c1-10(26)25(13-5-3-4-11(6-13)18(21,22)23)15-24-12(8-29-15)7-28-14(27)16(2)9-17(16,19)20/h3-6,8H,7,9H2,1-2H3. The zero-order valence-electron chi connectivity index (χ0n) is 15.2. The van der Waals surface area contributed by atoms with Crippen LogP contribution in [0.4, 0.5) is 24.0 Å². The lowest BCUT2D eigenvalue weighted by Gasteiger charge is -2.19. The Morgan fingerprint density at radius 2 is 2.00 bits per heavy atom. The fraction of sp³-hybridized carbons (Fsp3) is 0.389. The molecule has 2 aromatic rings. The van der Waals surface area contributed by atoms with Crippen LogP contribution in [0.1, 0.15) is 31.5 Å². The summed E-state index contributed by atoms with van der Waals surface area (Å²) in [7, 11) is 0. The second kappa shape index (κ2) is 7.45. The van der Waals surface area contributed by atoms with E-state index in [2.05, 4.69) is 4.98 Å². The molecule has 1 aromatic heterocycles. The Balaban J connectivity index is 1.77. The first-order valence-corrected chi connectivity index (χ1v) is 9.96. The molecule has 0 bridgehead atoms. The van der Waals surface area contributed by atoms with E-state index in [1.54, 1.807) is 12.3 Å². The van der Waals surface area contributed by atoms with Gasteiger partial charge >= 0.3 is 12.1 Å². The van der Waals surface area contributed by atoms with E-state index in [1.165, 1.54) is 19.1 Å². The number of thiazole rings is 1. The number of rotatable bonds is 5. The molecule has 5 nitrogen and oxygen atoms in total. The molecule has 1 aliphatic rings. The highest BCUT2D eigenvalue weighted by molar-refractivity contribution is 7.14. The van der Waals surface area contributed by atoms with Gasteiger partial charge in [0.05, 0.1) is 16.9 Å². The molecule has 0 radical (unpaired) electrons. The van der Waals surface area contributed by atoms with Crippen molar-refractivity contribution in [1.29, 1.82) is 0 Å². The van der Waals surface area contributed by atoms with Crippen molar-refractivity contribution < 1.29 is 27.5 Å². The van der Waals surface area contributed by atoms with Crippen LogP contribution in [-0.2, 0) is 27.1 Å². The van der Waals surface area contributed by atoms with Gasteiger partial charge in [0.15, 0.2) is 5.13 Å². The van der Waals surface area contributed by atoms with E-state index >= 15 is 0 Å². The number of hydrogen-bond acceptors (Lipinski definition) is 5. The number of aromatic nitrogens is 1. The first kappa shape index (κ1) is 21.9. The second-order valence-corrected chi connectivity index (χ2v) is 9.13. The molecule has 0 saturated heterocycles. The number of carbonyl (C=O) groups is 2. The van der Waals surface area contributed by atoms with Crippen LogP contribution in [-0.4, -0.2) is 21.2 Å². The number of benzene rings is 1. The van der Waals surface area contributed by atoms with Gasteiger partial charge in [-0.3, -0.25) is 14.5 Å². The van der Waals surface area contributed by atoms with Crippen molar-refractivity contribution in [2.75, 3.05) is 4.90 Å². The molecule has 0 N–H and O–H groups in total. The van der Waals surface area contributed by atoms with Crippen LogP contribution >= 0.6 is 34.5 Å². The minimum atomic E-state index is -4.54. The molecule has 1 unspecified atom stereocenters. The highest BCUT2D eigenvalue weighted by Crippen LogP contribution is 2.64. The fourth-order valence-corrected chi connectivity index (χ4v) is 4.19. The van der Waals surface area contributed by atoms with Gasteiger partial charge in [-0.25, -0.2) is 4.98 Å². The number of amides is 1. The lowest BCUT2D eigenvalue weighted by atomic mass is 10.1. The van der Waals surface area contributed by atoms with Crippen molar-refractivity contribution >= 4 is 57.2 Å². The molecule has 1 saturated carbocycles. The molecule has 0 spiro atoms. The SMILES string of the molecule is CC(=O)N(c1cccc(C(F)(F)F)c1)c1nc(COC(=O)C2(C)CC2(Cl)Cl)cs1. The van der Waals surface area contributed by atoms with E-state index in [1.807, 2.05) is 0 Å². The number of carbonyl (C=O) groups excluding carboxylic acids is 2. The van der Waals surface area contributed by atoms with Crippen LogP contribution in [0, 0.1) is 5.41 Å². The van der Waals surface area contributed by atoms with Gasteiger partial charge in [-0.15, -0.1) is 34.5 Å². The molecule has 156 valence electrons. The van der Waals surface area contributed by atoms with Gasteiger partial charge in [0.25, 0.3) is 0 Å². The Bertz CT molecular complexity index is 964. The Kier molecular flexibility index (Phi) is 5.61. The Morgan fingerprint density at radius 3 is 2.55 bits per heavy atom. The molecule has 3 rings (SSSR count). The average molecular weight is 467 g/mol. The largest absolute Gasteiger partial charge is 0.459 e. The summed E-state index contributed by atoms with van der Waals surface area (Å²) in [6.07, 6.45) is -4.27. The van der Waals surface area contributed by atoms with Gasteiger partial charge in [0.2, 0.25) is 5.91 Å². The molecule has 1 atom stereocenters. The number of anilines is 2. The smallest absolute Gasteiger partial charge is 0.416 e. The Morgan fingerprint density at radius 1 is 1.34 bits per heavy atom. The fourth-order valence-electron chi connectivity index (χ4n) is 2.63. The normalized spacial score (nSPS) is 20.2. The topological polar surface area (TPSA) is 59.5 Å². The monoisotopic (exact) mass is 466 g/mol. The zero-order chi connectivity index (χ0) is 21.6. The maximum atomic E-state index is 13.0. The van der Waals surface area contributed by atoms with Crippen molar-refractivity contribution in [3.05, 3.63) is 40.9 Å². The summed E-state index contributed by atoms with van der Waals surface area (Å²) in [5.41, 5.74) is -1.49. The lowest BCUT2D eigenvalue weighted by Crippen LogP contribution is -2.23. The number of ether oxygens (including phenoxy) is 1. The van der Waals surface area contributed by atoms with Crippen molar-refractivity contribution in [1.82, 2.24) is 4.98 Å². The summed E-state index contributed by atoms with van der Waals surface area (Å²) in [4.78, 5) is 29.5. The molecule has 29 heavy (non-hydrogen) atoms. The molecular formula is C18H15Cl2F3N2O3S. The highest BCUT2D eigenvalue weighted by Gasteiger charge is 2.69. The maximum Gasteiger partial charge on any atom is 0.416 e. The number of esters is 1. The molecule has 11 heteroatoms. The van der Waals surface area contributed by atoms with Crippen LogP contribution in [0.15, 0.2) is 29.6 Å². The quantitative estimate of drug-likeness (QED) is 0.432. The molecule has 1 fully saturated rings. The Hall–Kier alpha value is -1.84. The van der Waals surface area contributed by atoms with Crippen LogP contribution in [0.3, 0.4) is 0 Å². The second-order valence-electron chi connectivity index (χ2n) is 6.81. The number of nitrogens with zero attached hydrogens (tertiary/aromatic N) is 2. The van der Waals surface area contributed by atoms with Gasteiger partial charge in [-0.1, -0.05) is 6.07 Å². The van der Waals surface area contributed by atoms with E-state index in [9.17, 15) is 22.8 Å². The van der Waals surface area contributed by atoms with E-state index in [0.717, 1.165) is 28.4 Å². The third kappa shape index (κ3) is 4.36. The molecule has 1 aliphatic carbocycles. The van der Waals surface area contributed by atoms with E-state index in [4.69, 9.17) is 27.9 Å². The van der Waals surface area contributed by atoms with Gasteiger partial charge in [0.1, 0.15) is 16.4 Å². The van der Waals surface area contributed by atoms with Crippen molar-refractivity contribution in [2.24, 2.45) is 5.41 Å². The van der Waals surface area contributed by atoms with E-state index in [-0.39, 0.29) is 23.8 Å². The molecular weight excluding hydrogens is 452 g/mol. The summed E-state index contributed by atoms with van der Waals surface area (Å²) in [6, 6.07) is 4.38. The van der Waals surface area contributed by atoms with Gasteiger partial charge < -0.3 is 4.74 Å². The molecule has 1 heterocycles. The number of hydrogen-bond donors (Lipinski definition) is 0. The van der Waals surface area contributed by atoms with Crippen molar-refractivity contribution in [3.8, 4) is 0 Å². The summed E-state index contributed by atoms with van der Waals surface area (Å²) >= 11 is 12.9. The third-order valence-electron chi connectivity index (χ3n) is 4.54. The lowest BCUT2D eigenvalue weighted by molar-refractivity contribution is -0.151. The van der Waals surface area contributed by atoms with Gasteiger partial charge in [0, 0.05) is 18.7 Å². The average Bonchev–Trinajstić information content (AvgIpc) is 2.93.